The summed E-state index contributed by atoms with van der Waals surface area (Å²) in [6.45, 7) is 2.15. The van der Waals surface area contributed by atoms with E-state index in [1.54, 1.807) is 49.2 Å². The highest BCUT2D eigenvalue weighted by Crippen LogP contribution is 2.28. The van der Waals surface area contributed by atoms with E-state index in [0.29, 0.717) is 12.2 Å². The summed E-state index contributed by atoms with van der Waals surface area (Å²) in [7, 11) is 0. The summed E-state index contributed by atoms with van der Waals surface area (Å²) >= 11 is 7.59. The molecule has 0 aliphatic heterocycles. The molecule has 0 N–H and O–H groups in total. The van der Waals surface area contributed by atoms with Crippen molar-refractivity contribution in [3.05, 3.63) is 88.9 Å². The summed E-state index contributed by atoms with van der Waals surface area (Å²) in [5, 5.41) is 0.737. The molecular formula is C22H18ClNO2S. The molecule has 27 heavy (non-hydrogen) atoms. The largest absolute Gasteiger partial charge is 0.462 e. The van der Waals surface area contributed by atoms with Gasteiger partial charge in [0.1, 0.15) is 0 Å². The molecule has 0 aromatic heterocycles. The highest BCUT2D eigenvalue weighted by Gasteiger charge is 2.05. The van der Waals surface area contributed by atoms with Gasteiger partial charge < -0.3 is 4.74 Å². The number of hydrogen-bond acceptors (Lipinski definition) is 4. The van der Waals surface area contributed by atoms with Crippen molar-refractivity contribution in [2.45, 2.75) is 16.7 Å². The van der Waals surface area contributed by atoms with Crippen molar-refractivity contribution in [1.82, 2.24) is 0 Å². The SMILES string of the molecule is CCOC(=O)c1ccc(N=Cc2ccc(Sc3ccc(Cl)cc3)cc2)cc1. The maximum Gasteiger partial charge on any atom is 0.338 e. The number of nitrogens with zero attached hydrogens (tertiary/aromatic N) is 1. The second-order valence-corrected chi connectivity index (χ2v) is 7.23. The summed E-state index contributed by atoms with van der Waals surface area (Å²) < 4.78 is 4.97. The molecule has 0 heterocycles. The highest BCUT2D eigenvalue weighted by molar-refractivity contribution is 7.99. The molecule has 0 spiro atoms. The molecule has 0 bridgehead atoms. The smallest absolute Gasteiger partial charge is 0.338 e. The van der Waals surface area contributed by atoms with Crippen molar-refractivity contribution in [3.63, 3.8) is 0 Å². The lowest BCUT2D eigenvalue weighted by atomic mass is 10.2. The molecular weight excluding hydrogens is 378 g/mol. The lowest BCUT2D eigenvalue weighted by molar-refractivity contribution is 0.0526. The first-order valence-electron chi connectivity index (χ1n) is 8.49. The predicted molar refractivity (Wildman–Crippen MR) is 112 cm³/mol. The number of esters is 1. The third-order valence-electron chi connectivity index (χ3n) is 3.67. The summed E-state index contributed by atoms with van der Waals surface area (Å²) in [6.07, 6.45) is 1.80. The zero-order chi connectivity index (χ0) is 19.1. The Hall–Kier alpha value is -2.56. The molecule has 0 fully saturated rings. The van der Waals surface area contributed by atoms with Gasteiger partial charge in [0.15, 0.2) is 0 Å². The van der Waals surface area contributed by atoms with Crippen LogP contribution in [0.2, 0.25) is 5.02 Å². The van der Waals surface area contributed by atoms with Crippen LogP contribution in [0.4, 0.5) is 5.69 Å². The van der Waals surface area contributed by atoms with Crippen LogP contribution in [0.25, 0.3) is 0 Å². The van der Waals surface area contributed by atoms with Crippen molar-refractivity contribution in [3.8, 4) is 0 Å². The van der Waals surface area contributed by atoms with E-state index in [2.05, 4.69) is 17.1 Å². The van der Waals surface area contributed by atoms with Crippen molar-refractivity contribution < 1.29 is 9.53 Å². The number of rotatable bonds is 6. The third kappa shape index (κ3) is 5.71. The van der Waals surface area contributed by atoms with Gasteiger partial charge in [0, 0.05) is 21.0 Å². The highest BCUT2D eigenvalue weighted by atomic mass is 35.5. The maximum absolute atomic E-state index is 11.6. The third-order valence-corrected chi connectivity index (χ3v) is 4.94. The van der Waals surface area contributed by atoms with Crippen LogP contribution in [0, 0.1) is 0 Å². The molecule has 0 unspecified atom stereocenters. The Kier molecular flexibility index (Phi) is 6.69. The first kappa shape index (κ1) is 19.2. The summed E-state index contributed by atoms with van der Waals surface area (Å²) in [4.78, 5) is 18.4. The Labute approximate surface area is 168 Å². The van der Waals surface area contributed by atoms with E-state index in [-0.39, 0.29) is 5.97 Å². The number of hydrogen-bond donors (Lipinski definition) is 0. The standard InChI is InChI=1S/C22H18ClNO2S/c1-2-26-22(25)17-5-9-19(10-6-17)24-15-16-3-11-20(12-4-16)27-21-13-7-18(23)8-14-21/h3-15H,2H2,1H3. The van der Waals surface area contributed by atoms with E-state index >= 15 is 0 Å². The fourth-order valence-corrected chi connectivity index (χ4v) is 3.25. The van der Waals surface area contributed by atoms with Gasteiger partial charge in [-0.05, 0) is 73.2 Å². The summed E-state index contributed by atoms with van der Waals surface area (Å²) in [6, 6.07) is 23.0. The minimum Gasteiger partial charge on any atom is -0.462 e. The number of halogens is 1. The molecule has 3 aromatic rings. The quantitative estimate of drug-likeness (QED) is 0.357. The van der Waals surface area contributed by atoms with Gasteiger partial charge in [0.05, 0.1) is 17.9 Å². The molecule has 136 valence electrons. The van der Waals surface area contributed by atoms with Crippen molar-refractivity contribution >= 4 is 41.2 Å². The Morgan fingerprint density at radius 3 is 2.15 bits per heavy atom. The number of carbonyl (C=O) groups is 1. The van der Waals surface area contributed by atoms with Gasteiger partial charge in [0.25, 0.3) is 0 Å². The normalized spacial score (nSPS) is 10.9. The lowest BCUT2D eigenvalue weighted by Crippen LogP contribution is -2.03. The second kappa shape index (κ2) is 9.40. The monoisotopic (exact) mass is 395 g/mol. The van der Waals surface area contributed by atoms with Crippen LogP contribution in [0.3, 0.4) is 0 Å². The summed E-state index contributed by atoms with van der Waals surface area (Å²) in [5.74, 6) is -0.318. The molecule has 0 amide bonds. The van der Waals surface area contributed by atoms with Crippen molar-refractivity contribution in [2.75, 3.05) is 6.61 Å². The van der Waals surface area contributed by atoms with Crippen LogP contribution in [-0.4, -0.2) is 18.8 Å². The van der Waals surface area contributed by atoms with Crippen LogP contribution in [-0.2, 0) is 4.74 Å². The van der Waals surface area contributed by atoms with E-state index in [4.69, 9.17) is 16.3 Å². The second-order valence-electron chi connectivity index (χ2n) is 5.65. The van der Waals surface area contributed by atoms with Crippen LogP contribution in [0.1, 0.15) is 22.8 Å². The van der Waals surface area contributed by atoms with Gasteiger partial charge in [-0.2, -0.15) is 0 Å². The fourth-order valence-electron chi connectivity index (χ4n) is 2.31. The van der Waals surface area contributed by atoms with Gasteiger partial charge >= 0.3 is 5.97 Å². The van der Waals surface area contributed by atoms with E-state index in [1.165, 1.54) is 0 Å². The Balaban J connectivity index is 1.62. The molecule has 0 radical (unpaired) electrons. The average Bonchev–Trinajstić information content (AvgIpc) is 2.70. The number of aliphatic imine (C=N–C) groups is 1. The minimum absolute atomic E-state index is 0.318. The molecule has 0 aliphatic rings. The summed E-state index contributed by atoms with van der Waals surface area (Å²) in [5.41, 5.74) is 2.31. The maximum atomic E-state index is 11.6. The first-order chi connectivity index (χ1) is 13.1. The average molecular weight is 396 g/mol. The van der Waals surface area contributed by atoms with Crippen molar-refractivity contribution in [2.24, 2.45) is 4.99 Å². The van der Waals surface area contributed by atoms with E-state index < -0.39 is 0 Å². The van der Waals surface area contributed by atoms with Gasteiger partial charge in [-0.25, -0.2) is 4.79 Å². The lowest BCUT2D eigenvalue weighted by Gasteiger charge is -2.03. The molecule has 0 saturated heterocycles. The Morgan fingerprint density at radius 2 is 1.56 bits per heavy atom. The van der Waals surface area contributed by atoms with Gasteiger partial charge in [-0.3, -0.25) is 4.99 Å². The Morgan fingerprint density at radius 1 is 0.963 bits per heavy atom. The van der Waals surface area contributed by atoms with Crippen LogP contribution < -0.4 is 0 Å². The van der Waals surface area contributed by atoms with E-state index in [9.17, 15) is 4.79 Å². The molecule has 0 aliphatic carbocycles. The molecule has 3 aromatic carbocycles. The fraction of sp³-hybridized carbons (Fsp3) is 0.0909. The first-order valence-corrected chi connectivity index (χ1v) is 9.68. The molecule has 0 saturated carbocycles. The number of ether oxygens (including phenoxy) is 1. The van der Waals surface area contributed by atoms with Crippen LogP contribution in [0.5, 0.6) is 0 Å². The molecule has 3 nitrogen and oxygen atoms in total. The molecule has 3 rings (SSSR count). The predicted octanol–water partition coefficient (Wildman–Crippen LogP) is 6.42. The van der Waals surface area contributed by atoms with Gasteiger partial charge in [0.2, 0.25) is 0 Å². The van der Waals surface area contributed by atoms with E-state index in [0.717, 1.165) is 26.1 Å². The minimum atomic E-state index is -0.318. The zero-order valence-corrected chi connectivity index (χ0v) is 16.3. The number of benzene rings is 3. The zero-order valence-electron chi connectivity index (χ0n) is 14.8. The van der Waals surface area contributed by atoms with E-state index in [1.807, 2.05) is 36.4 Å². The van der Waals surface area contributed by atoms with Gasteiger partial charge in [-0.1, -0.05) is 35.5 Å². The van der Waals surface area contributed by atoms with Gasteiger partial charge in [-0.15, -0.1) is 0 Å². The van der Waals surface area contributed by atoms with Crippen LogP contribution in [0.15, 0.2) is 87.6 Å². The van der Waals surface area contributed by atoms with Crippen molar-refractivity contribution in [1.29, 1.82) is 0 Å². The topological polar surface area (TPSA) is 38.7 Å². The Bertz CT molecular complexity index is 920. The van der Waals surface area contributed by atoms with Crippen LogP contribution >= 0.6 is 23.4 Å². The molecule has 0 atom stereocenters. The molecule has 5 heteroatoms. The number of carbonyl (C=O) groups excluding carboxylic acids is 1.